The Morgan fingerprint density at radius 3 is 2.81 bits per heavy atom. The van der Waals surface area contributed by atoms with Gasteiger partial charge in [-0.05, 0) is 35.0 Å². The second-order valence-electron chi connectivity index (χ2n) is 3.38. The number of hydrogen-bond acceptors (Lipinski definition) is 2. The van der Waals surface area contributed by atoms with Gasteiger partial charge in [0, 0.05) is 10.0 Å². The molecule has 2 aromatic rings. The van der Waals surface area contributed by atoms with E-state index in [-0.39, 0.29) is 5.56 Å². The molecule has 5 heteroatoms. The van der Waals surface area contributed by atoms with Crippen molar-refractivity contribution in [2.45, 2.75) is 6.92 Å². The molecular weight excluding hydrogens is 272 g/mol. The van der Waals surface area contributed by atoms with Gasteiger partial charge in [0.05, 0.1) is 17.5 Å². The van der Waals surface area contributed by atoms with Gasteiger partial charge in [-0.3, -0.25) is 0 Å². The van der Waals surface area contributed by atoms with E-state index < -0.39 is 5.97 Å². The van der Waals surface area contributed by atoms with Crippen LogP contribution < -0.4 is 0 Å². The Labute approximate surface area is 100 Å². The Kier molecular flexibility index (Phi) is 2.78. The second-order valence-corrected chi connectivity index (χ2v) is 4.24. The van der Waals surface area contributed by atoms with Gasteiger partial charge in [0.2, 0.25) is 0 Å². The lowest BCUT2D eigenvalue weighted by Crippen LogP contribution is -1.97. The number of carboxylic acid groups (broad SMARTS) is 1. The number of rotatable bonds is 2. The van der Waals surface area contributed by atoms with E-state index in [1.165, 1.54) is 0 Å². The molecule has 0 atom stereocenters. The van der Waals surface area contributed by atoms with Crippen LogP contribution in [0.15, 0.2) is 28.9 Å². The van der Waals surface area contributed by atoms with Crippen molar-refractivity contribution in [3.8, 4) is 11.3 Å². The van der Waals surface area contributed by atoms with Crippen molar-refractivity contribution in [3.05, 3.63) is 40.3 Å². The average molecular weight is 281 g/mol. The molecule has 1 heterocycles. The first kappa shape index (κ1) is 10.9. The van der Waals surface area contributed by atoms with Crippen molar-refractivity contribution in [3.63, 3.8) is 0 Å². The third kappa shape index (κ3) is 1.99. The van der Waals surface area contributed by atoms with Crippen molar-refractivity contribution in [1.82, 2.24) is 9.97 Å². The van der Waals surface area contributed by atoms with Crippen molar-refractivity contribution in [2.24, 2.45) is 0 Å². The lowest BCUT2D eigenvalue weighted by Gasteiger charge is -2.02. The molecule has 2 rings (SSSR count). The van der Waals surface area contributed by atoms with Gasteiger partial charge >= 0.3 is 5.97 Å². The SMILES string of the molecule is Cc1ncc(-c2ccc(Br)c(C(=O)O)c2)[nH]1. The van der Waals surface area contributed by atoms with Gasteiger partial charge in [-0.15, -0.1) is 0 Å². The van der Waals surface area contributed by atoms with Gasteiger partial charge in [-0.25, -0.2) is 9.78 Å². The zero-order valence-electron chi connectivity index (χ0n) is 8.49. The number of nitrogens with one attached hydrogen (secondary N) is 1. The third-order valence-corrected chi connectivity index (χ3v) is 2.90. The van der Waals surface area contributed by atoms with Crippen LogP contribution >= 0.6 is 15.9 Å². The number of hydrogen-bond donors (Lipinski definition) is 2. The lowest BCUT2D eigenvalue weighted by molar-refractivity contribution is 0.0696. The summed E-state index contributed by atoms with van der Waals surface area (Å²) in [7, 11) is 0. The number of benzene rings is 1. The molecule has 1 aromatic carbocycles. The summed E-state index contributed by atoms with van der Waals surface area (Å²) < 4.78 is 0.569. The molecule has 0 saturated heterocycles. The smallest absolute Gasteiger partial charge is 0.336 e. The van der Waals surface area contributed by atoms with E-state index in [1.54, 1.807) is 18.3 Å². The van der Waals surface area contributed by atoms with Gasteiger partial charge < -0.3 is 10.1 Å². The Balaban J connectivity index is 2.51. The fraction of sp³-hybridized carbons (Fsp3) is 0.0909. The largest absolute Gasteiger partial charge is 0.478 e. The summed E-state index contributed by atoms with van der Waals surface area (Å²) in [5, 5.41) is 8.99. The van der Waals surface area contributed by atoms with Crippen molar-refractivity contribution in [2.75, 3.05) is 0 Å². The predicted octanol–water partition coefficient (Wildman–Crippen LogP) is 2.85. The molecule has 82 valence electrons. The first-order valence-electron chi connectivity index (χ1n) is 4.63. The fourth-order valence-electron chi connectivity index (χ4n) is 1.42. The van der Waals surface area contributed by atoms with Gasteiger partial charge in [-0.1, -0.05) is 6.07 Å². The molecule has 0 unspecified atom stereocenters. The molecule has 2 N–H and O–H groups in total. The molecule has 0 amide bonds. The average Bonchev–Trinajstić information content (AvgIpc) is 2.65. The molecule has 1 aromatic heterocycles. The highest BCUT2D eigenvalue weighted by molar-refractivity contribution is 9.10. The van der Waals surface area contributed by atoms with Crippen LogP contribution in [0, 0.1) is 6.92 Å². The molecule has 0 saturated carbocycles. The Bertz CT molecular complexity index is 549. The fourth-order valence-corrected chi connectivity index (χ4v) is 1.84. The lowest BCUT2D eigenvalue weighted by atomic mass is 10.1. The molecule has 16 heavy (non-hydrogen) atoms. The first-order valence-corrected chi connectivity index (χ1v) is 5.42. The van der Waals surface area contributed by atoms with Crippen LogP contribution in [0.3, 0.4) is 0 Å². The standard InChI is InChI=1S/C11H9BrN2O2/c1-6-13-5-10(14-6)7-2-3-9(12)8(4-7)11(15)16/h2-5H,1H3,(H,13,14)(H,15,16). The zero-order chi connectivity index (χ0) is 11.7. The normalized spacial score (nSPS) is 10.4. The summed E-state index contributed by atoms with van der Waals surface area (Å²) in [6.07, 6.45) is 1.68. The number of aromatic carboxylic acids is 1. The Morgan fingerprint density at radius 2 is 2.25 bits per heavy atom. The van der Waals surface area contributed by atoms with E-state index in [9.17, 15) is 4.79 Å². The number of nitrogens with zero attached hydrogens (tertiary/aromatic N) is 1. The van der Waals surface area contributed by atoms with Gasteiger partial charge in [0.1, 0.15) is 5.82 Å². The van der Waals surface area contributed by atoms with Gasteiger partial charge in [0.15, 0.2) is 0 Å². The van der Waals surface area contributed by atoms with E-state index in [0.29, 0.717) is 4.47 Å². The second kappa shape index (κ2) is 4.09. The highest BCUT2D eigenvalue weighted by Crippen LogP contribution is 2.24. The summed E-state index contributed by atoms with van der Waals surface area (Å²) in [6, 6.07) is 5.16. The maximum Gasteiger partial charge on any atom is 0.336 e. The highest BCUT2D eigenvalue weighted by Gasteiger charge is 2.10. The third-order valence-electron chi connectivity index (χ3n) is 2.21. The van der Waals surface area contributed by atoms with Crippen molar-refractivity contribution >= 4 is 21.9 Å². The van der Waals surface area contributed by atoms with Crippen LogP contribution in [0.2, 0.25) is 0 Å². The van der Waals surface area contributed by atoms with Crippen molar-refractivity contribution in [1.29, 1.82) is 0 Å². The minimum atomic E-state index is -0.954. The number of aromatic nitrogens is 2. The summed E-state index contributed by atoms with van der Waals surface area (Å²) >= 11 is 3.20. The minimum absolute atomic E-state index is 0.241. The number of aryl methyl sites for hydroxylation is 1. The van der Waals surface area contributed by atoms with Crippen LogP contribution in [0.1, 0.15) is 16.2 Å². The summed E-state index contributed by atoms with van der Waals surface area (Å²) in [4.78, 5) is 18.1. The molecule has 0 aliphatic heterocycles. The van der Waals surface area contributed by atoms with Gasteiger partial charge in [0.25, 0.3) is 0 Å². The number of halogens is 1. The quantitative estimate of drug-likeness (QED) is 0.889. The molecule has 0 aliphatic rings. The maximum absolute atomic E-state index is 11.0. The summed E-state index contributed by atoms with van der Waals surface area (Å²) in [5.41, 5.74) is 1.86. The van der Waals surface area contributed by atoms with Gasteiger partial charge in [-0.2, -0.15) is 0 Å². The topological polar surface area (TPSA) is 66.0 Å². The molecule has 4 nitrogen and oxygen atoms in total. The molecular formula is C11H9BrN2O2. The molecule has 0 fully saturated rings. The number of H-pyrrole nitrogens is 1. The predicted molar refractivity (Wildman–Crippen MR) is 63.4 cm³/mol. The van der Waals surface area contributed by atoms with E-state index in [2.05, 4.69) is 25.9 Å². The monoisotopic (exact) mass is 280 g/mol. The van der Waals surface area contributed by atoms with Crippen LogP contribution in [0.25, 0.3) is 11.3 Å². The van der Waals surface area contributed by atoms with Crippen LogP contribution in [0.5, 0.6) is 0 Å². The number of carboxylic acids is 1. The Morgan fingerprint density at radius 1 is 1.50 bits per heavy atom. The van der Waals surface area contributed by atoms with Crippen LogP contribution in [-0.4, -0.2) is 21.0 Å². The van der Waals surface area contributed by atoms with Crippen LogP contribution in [0.4, 0.5) is 0 Å². The van der Waals surface area contributed by atoms with E-state index in [0.717, 1.165) is 17.1 Å². The van der Waals surface area contributed by atoms with Crippen molar-refractivity contribution < 1.29 is 9.90 Å². The summed E-state index contributed by atoms with van der Waals surface area (Å²) in [5.74, 6) is -0.153. The maximum atomic E-state index is 11.0. The highest BCUT2D eigenvalue weighted by atomic mass is 79.9. The summed E-state index contributed by atoms with van der Waals surface area (Å²) in [6.45, 7) is 1.85. The minimum Gasteiger partial charge on any atom is -0.478 e. The molecule has 0 bridgehead atoms. The molecule has 0 spiro atoms. The number of aromatic amines is 1. The van der Waals surface area contributed by atoms with E-state index in [4.69, 9.17) is 5.11 Å². The Hall–Kier alpha value is -1.62. The number of imidazole rings is 1. The zero-order valence-corrected chi connectivity index (χ0v) is 10.1. The molecule has 0 radical (unpaired) electrons. The van der Waals surface area contributed by atoms with E-state index >= 15 is 0 Å². The number of carbonyl (C=O) groups is 1. The first-order chi connectivity index (χ1) is 7.58. The van der Waals surface area contributed by atoms with Crippen LogP contribution in [-0.2, 0) is 0 Å². The van der Waals surface area contributed by atoms with E-state index in [1.807, 2.05) is 13.0 Å². The molecule has 0 aliphatic carbocycles.